The van der Waals surface area contributed by atoms with Gasteiger partial charge in [0.1, 0.15) is 0 Å². The highest BCUT2D eigenvalue weighted by molar-refractivity contribution is 7.99. The Kier molecular flexibility index (Phi) is 3.95. The summed E-state index contributed by atoms with van der Waals surface area (Å²) in [6.07, 6.45) is -1.39. The molecule has 102 valence electrons. The van der Waals surface area contributed by atoms with Gasteiger partial charge in [-0.3, -0.25) is 0 Å². The highest BCUT2D eigenvalue weighted by atomic mass is 32.2. The SMILES string of the molecule is Cc1cnc(Sc2ccc(C#N)c(C(F)(F)F)c2)nc1. The Morgan fingerprint density at radius 1 is 1.20 bits per heavy atom. The number of halogens is 3. The monoisotopic (exact) mass is 295 g/mol. The molecule has 0 unspecified atom stereocenters. The first-order valence-corrected chi connectivity index (χ1v) is 6.29. The third-order valence-corrected chi connectivity index (χ3v) is 3.27. The van der Waals surface area contributed by atoms with E-state index < -0.39 is 17.3 Å². The molecule has 1 heterocycles. The second-order valence-electron chi connectivity index (χ2n) is 3.96. The smallest absolute Gasteiger partial charge is 0.231 e. The van der Waals surface area contributed by atoms with Crippen molar-refractivity contribution in [1.82, 2.24) is 9.97 Å². The molecule has 1 aromatic carbocycles. The number of nitriles is 1. The first-order valence-electron chi connectivity index (χ1n) is 5.48. The molecule has 0 atom stereocenters. The number of nitrogens with zero attached hydrogens (tertiary/aromatic N) is 3. The van der Waals surface area contributed by atoms with Gasteiger partial charge in [0, 0.05) is 17.3 Å². The highest BCUT2D eigenvalue weighted by Crippen LogP contribution is 2.35. The van der Waals surface area contributed by atoms with Gasteiger partial charge in [0.2, 0.25) is 0 Å². The van der Waals surface area contributed by atoms with Crippen LogP contribution in [0.15, 0.2) is 40.6 Å². The summed E-state index contributed by atoms with van der Waals surface area (Å²) < 4.78 is 38.4. The number of hydrogen-bond donors (Lipinski definition) is 0. The van der Waals surface area contributed by atoms with Gasteiger partial charge in [0.15, 0.2) is 5.16 Å². The molecule has 20 heavy (non-hydrogen) atoms. The zero-order chi connectivity index (χ0) is 14.8. The maximum Gasteiger partial charge on any atom is 0.417 e. The van der Waals surface area contributed by atoms with E-state index in [1.165, 1.54) is 6.07 Å². The van der Waals surface area contributed by atoms with Crippen LogP contribution in [0.25, 0.3) is 0 Å². The Balaban J connectivity index is 2.34. The number of aryl methyl sites for hydroxylation is 1. The fourth-order valence-corrected chi connectivity index (χ4v) is 2.19. The van der Waals surface area contributed by atoms with Crippen LogP contribution in [0.1, 0.15) is 16.7 Å². The molecule has 0 aliphatic carbocycles. The number of rotatable bonds is 2. The number of hydrogen-bond acceptors (Lipinski definition) is 4. The predicted molar refractivity (Wildman–Crippen MR) is 67.1 cm³/mol. The Labute approximate surface area is 117 Å². The number of aromatic nitrogens is 2. The van der Waals surface area contributed by atoms with Gasteiger partial charge in [-0.1, -0.05) is 0 Å². The van der Waals surface area contributed by atoms with E-state index in [2.05, 4.69) is 9.97 Å². The summed E-state index contributed by atoms with van der Waals surface area (Å²) in [5.41, 5.74) is -0.478. The summed E-state index contributed by atoms with van der Waals surface area (Å²) in [6.45, 7) is 1.82. The van der Waals surface area contributed by atoms with Gasteiger partial charge in [-0.2, -0.15) is 18.4 Å². The van der Waals surface area contributed by atoms with Crippen molar-refractivity contribution >= 4 is 11.8 Å². The van der Waals surface area contributed by atoms with Gasteiger partial charge in [-0.15, -0.1) is 0 Å². The molecule has 2 aromatic rings. The molecule has 0 spiro atoms. The lowest BCUT2D eigenvalue weighted by Crippen LogP contribution is -2.07. The largest absolute Gasteiger partial charge is 0.417 e. The minimum Gasteiger partial charge on any atom is -0.231 e. The summed E-state index contributed by atoms with van der Waals surface area (Å²) >= 11 is 1.01. The molecule has 7 heteroatoms. The minimum atomic E-state index is -4.56. The van der Waals surface area contributed by atoms with Crippen molar-refractivity contribution < 1.29 is 13.2 Å². The van der Waals surface area contributed by atoms with Crippen LogP contribution in [0.3, 0.4) is 0 Å². The lowest BCUT2D eigenvalue weighted by molar-refractivity contribution is -0.137. The summed E-state index contributed by atoms with van der Waals surface area (Å²) in [6, 6.07) is 5.08. The van der Waals surface area contributed by atoms with Gasteiger partial charge in [0.05, 0.1) is 17.2 Å². The van der Waals surface area contributed by atoms with Crippen molar-refractivity contribution in [3.63, 3.8) is 0 Å². The van der Waals surface area contributed by atoms with Crippen molar-refractivity contribution in [2.24, 2.45) is 0 Å². The molecule has 0 N–H and O–H groups in total. The van der Waals surface area contributed by atoms with Crippen molar-refractivity contribution in [3.05, 3.63) is 47.3 Å². The van der Waals surface area contributed by atoms with Crippen LogP contribution in [-0.4, -0.2) is 9.97 Å². The average molecular weight is 295 g/mol. The Morgan fingerprint density at radius 3 is 2.40 bits per heavy atom. The molecule has 0 amide bonds. The Bertz CT molecular complexity index is 660. The molecule has 0 radical (unpaired) electrons. The average Bonchev–Trinajstić information content (AvgIpc) is 2.40. The van der Waals surface area contributed by atoms with Gasteiger partial charge in [0.25, 0.3) is 0 Å². The van der Waals surface area contributed by atoms with Gasteiger partial charge in [-0.25, -0.2) is 9.97 Å². The van der Waals surface area contributed by atoms with E-state index in [0.717, 1.165) is 29.5 Å². The summed E-state index contributed by atoms with van der Waals surface area (Å²) in [5.74, 6) is 0. The van der Waals surface area contributed by atoms with Crippen LogP contribution in [-0.2, 0) is 6.18 Å². The van der Waals surface area contributed by atoms with E-state index >= 15 is 0 Å². The second kappa shape index (κ2) is 5.51. The number of benzene rings is 1. The Morgan fingerprint density at radius 2 is 1.85 bits per heavy atom. The summed E-state index contributed by atoms with van der Waals surface area (Å²) in [4.78, 5) is 8.36. The van der Waals surface area contributed by atoms with E-state index in [1.54, 1.807) is 18.5 Å². The lowest BCUT2D eigenvalue weighted by Gasteiger charge is -2.10. The Hall–Kier alpha value is -2.07. The normalized spacial score (nSPS) is 11.2. The predicted octanol–water partition coefficient (Wildman–Crippen LogP) is 3.83. The van der Waals surface area contributed by atoms with Crippen LogP contribution in [0, 0.1) is 18.3 Å². The second-order valence-corrected chi connectivity index (χ2v) is 5.00. The van der Waals surface area contributed by atoms with Crippen molar-refractivity contribution in [2.75, 3.05) is 0 Å². The van der Waals surface area contributed by atoms with Crippen LogP contribution in [0.5, 0.6) is 0 Å². The van der Waals surface area contributed by atoms with E-state index in [1.807, 2.05) is 6.92 Å². The van der Waals surface area contributed by atoms with Crippen LogP contribution >= 0.6 is 11.8 Å². The van der Waals surface area contributed by atoms with Crippen LogP contribution in [0.4, 0.5) is 13.2 Å². The topological polar surface area (TPSA) is 49.6 Å². The van der Waals surface area contributed by atoms with E-state index in [9.17, 15) is 13.2 Å². The molecule has 0 saturated heterocycles. The molecular weight excluding hydrogens is 287 g/mol. The molecule has 3 nitrogen and oxygen atoms in total. The molecule has 0 aliphatic rings. The molecule has 2 rings (SSSR count). The fraction of sp³-hybridized carbons (Fsp3) is 0.154. The summed E-state index contributed by atoms with van der Waals surface area (Å²) in [5, 5.41) is 9.07. The number of alkyl halides is 3. The lowest BCUT2D eigenvalue weighted by atomic mass is 10.1. The van der Waals surface area contributed by atoms with Crippen molar-refractivity contribution in [2.45, 2.75) is 23.2 Å². The highest BCUT2D eigenvalue weighted by Gasteiger charge is 2.33. The third kappa shape index (κ3) is 3.27. The van der Waals surface area contributed by atoms with Crippen LogP contribution < -0.4 is 0 Å². The zero-order valence-corrected chi connectivity index (χ0v) is 11.1. The standard InChI is InChI=1S/C13H8F3N3S/c1-8-6-18-12(19-7-8)20-10-3-2-9(5-17)11(4-10)13(14,15)16/h2-4,6-7H,1H3. The first kappa shape index (κ1) is 14.3. The van der Waals surface area contributed by atoms with Crippen LogP contribution in [0.2, 0.25) is 0 Å². The summed E-state index contributed by atoms with van der Waals surface area (Å²) in [7, 11) is 0. The first-order chi connectivity index (χ1) is 9.40. The quantitative estimate of drug-likeness (QED) is 0.790. The third-order valence-electron chi connectivity index (χ3n) is 2.38. The molecule has 1 aromatic heterocycles. The molecule has 0 saturated carbocycles. The molecule has 0 aliphatic heterocycles. The molecule has 0 fully saturated rings. The van der Waals surface area contributed by atoms with Crippen molar-refractivity contribution in [1.29, 1.82) is 5.26 Å². The fourth-order valence-electron chi connectivity index (χ4n) is 1.46. The maximum atomic E-state index is 12.8. The molecule has 0 bridgehead atoms. The van der Waals surface area contributed by atoms with E-state index in [4.69, 9.17) is 5.26 Å². The minimum absolute atomic E-state index is 0.333. The van der Waals surface area contributed by atoms with Gasteiger partial charge in [-0.05, 0) is 42.4 Å². The van der Waals surface area contributed by atoms with Gasteiger partial charge >= 0.3 is 6.18 Å². The van der Waals surface area contributed by atoms with Crippen molar-refractivity contribution in [3.8, 4) is 6.07 Å². The molecular formula is C13H8F3N3S. The van der Waals surface area contributed by atoms with E-state index in [-0.39, 0.29) is 0 Å². The zero-order valence-electron chi connectivity index (χ0n) is 10.3. The van der Waals surface area contributed by atoms with E-state index in [0.29, 0.717) is 10.1 Å². The van der Waals surface area contributed by atoms with Gasteiger partial charge < -0.3 is 0 Å². The maximum absolute atomic E-state index is 12.8.